The summed E-state index contributed by atoms with van der Waals surface area (Å²) in [6.07, 6.45) is 2.85. The van der Waals surface area contributed by atoms with Crippen molar-refractivity contribution in [1.82, 2.24) is 4.90 Å². The summed E-state index contributed by atoms with van der Waals surface area (Å²) in [7, 11) is 0. The topological polar surface area (TPSA) is 83.8 Å². The molecule has 4 rings (SSSR count). The molecule has 1 saturated heterocycles. The van der Waals surface area contributed by atoms with Crippen molar-refractivity contribution in [3.8, 4) is 0 Å². The summed E-state index contributed by atoms with van der Waals surface area (Å²) >= 11 is 0. The van der Waals surface area contributed by atoms with E-state index in [1.54, 1.807) is 0 Å². The van der Waals surface area contributed by atoms with Gasteiger partial charge in [0.2, 0.25) is 0 Å². The van der Waals surface area contributed by atoms with Crippen LogP contribution in [0.15, 0.2) is 54.2 Å². The lowest BCUT2D eigenvalue weighted by Crippen LogP contribution is -2.37. The maximum atomic E-state index is 13.7. The molecule has 8 heteroatoms. The highest BCUT2D eigenvalue weighted by molar-refractivity contribution is 6.45. The van der Waals surface area contributed by atoms with E-state index in [1.165, 1.54) is 42.5 Å². The minimum atomic E-state index is -0.560. The molecule has 0 radical (unpaired) electrons. The largest absolute Gasteiger partial charge is 0.366 e. The van der Waals surface area contributed by atoms with Crippen molar-refractivity contribution >= 4 is 28.8 Å². The minimum Gasteiger partial charge on any atom is -0.366 e. The predicted octanol–water partition coefficient (Wildman–Crippen LogP) is 3.50. The molecule has 2 amide bonds. The fourth-order valence-electron chi connectivity index (χ4n) is 3.79. The second-order valence-corrected chi connectivity index (χ2v) is 7.00. The van der Waals surface area contributed by atoms with Crippen LogP contribution in [0.4, 0.5) is 15.8 Å². The molecule has 0 unspecified atom stereocenters. The smallest absolute Gasteiger partial charge is 0.282 e. The molecule has 7 nitrogen and oxygen atoms in total. The quantitative estimate of drug-likeness (QED) is 0.449. The number of benzene rings is 2. The number of carbonyl (C=O) groups excluding carboxylic acids is 2. The van der Waals surface area contributed by atoms with E-state index in [1.807, 2.05) is 4.90 Å². The van der Waals surface area contributed by atoms with Crippen molar-refractivity contribution in [2.45, 2.75) is 19.3 Å². The number of rotatable bonds is 4. The molecule has 148 valence electrons. The number of hydrogen-bond donors (Lipinski definition) is 0. The van der Waals surface area contributed by atoms with Crippen LogP contribution in [-0.2, 0) is 9.59 Å². The number of amides is 2. The summed E-state index contributed by atoms with van der Waals surface area (Å²) in [6.45, 7) is 1.28. The molecule has 2 aliphatic heterocycles. The maximum absolute atomic E-state index is 13.7. The van der Waals surface area contributed by atoms with Gasteiger partial charge >= 0.3 is 0 Å². The first-order chi connectivity index (χ1) is 14.0. The molecule has 2 heterocycles. The summed E-state index contributed by atoms with van der Waals surface area (Å²) in [5.41, 5.74) is 0.941. The van der Waals surface area contributed by atoms with Crippen molar-refractivity contribution in [2.24, 2.45) is 0 Å². The highest BCUT2D eigenvalue weighted by Gasteiger charge is 2.42. The Bertz CT molecular complexity index is 1030. The third-order valence-corrected chi connectivity index (χ3v) is 5.16. The maximum Gasteiger partial charge on any atom is 0.282 e. The monoisotopic (exact) mass is 395 g/mol. The van der Waals surface area contributed by atoms with Gasteiger partial charge in [-0.3, -0.25) is 19.7 Å². The number of nitrogens with zero attached hydrogens (tertiary/aromatic N) is 3. The number of non-ortho nitro benzene ring substituents is 1. The van der Waals surface area contributed by atoms with Crippen LogP contribution in [0, 0.1) is 15.9 Å². The van der Waals surface area contributed by atoms with Gasteiger partial charge in [-0.05, 0) is 55.2 Å². The molecule has 0 bridgehead atoms. The summed E-state index contributed by atoms with van der Waals surface area (Å²) < 4.78 is 13.7. The van der Waals surface area contributed by atoms with Crippen LogP contribution in [0.5, 0.6) is 0 Å². The van der Waals surface area contributed by atoms with Crippen LogP contribution >= 0.6 is 0 Å². The molecular formula is C21H18FN3O4. The molecule has 2 aliphatic rings. The summed E-state index contributed by atoms with van der Waals surface area (Å²) in [5, 5.41) is 11.0. The average molecular weight is 395 g/mol. The first-order valence-electron chi connectivity index (χ1n) is 9.36. The fourth-order valence-corrected chi connectivity index (χ4v) is 3.79. The number of hydrogen-bond acceptors (Lipinski definition) is 5. The number of anilines is 1. The summed E-state index contributed by atoms with van der Waals surface area (Å²) in [6, 6.07) is 10.9. The molecule has 29 heavy (non-hydrogen) atoms. The Morgan fingerprint density at radius 1 is 0.931 bits per heavy atom. The molecule has 1 fully saturated rings. The molecule has 0 atom stereocenters. The van der Waals surface area contributed by atoms with Gasteiger partial charge in [-0.1, -0.05) is 6.07 Å². The van der Waals surface area contributed by atoms with E-state index in [9.17, 15) is 24.1 Å². The van der Waals surface area contributed by atoms with Gasteiger partial charge in [0.15, 0.2) is 0 Å². The van der Waals surface area contributed by atoms with Crippen LogP contribution in [0.2, 0.25) is 0 Å². The minimum absolute atomic E-state index is 0.104. The van der Waals surface area contributed by atoms with Gasteiger partial charge in [0.1, 0.15) is 11.5 Å². The van der Waals surface area contributed by atoms with E-state index in [-0.39, 0.29) is 22.6 Å². The third kappa shape index (κ3) is 3.37. The number of halogens is 1. The highest BCUT2D eigenvalue weighted by atomic mass is 19.1. The number of imide groups is 1. The summed E-state index contributed by atoms with van der Waals surface area (Å²) in [5.74, 6) is -1.61. The normalized spacial score (nSPS) is 17.3. The first-order valence-corrected chi connectivity index (χ1v) is 9.36. The molecule has 2 aromatic rings. The molecule has 0 aromatic heterocycles. The Kier molecular flexibility index (Phi) is 4.84. The van der Waals surface area contributed by atoms with Gasteiger partial charge in [-0.15, -0.1) is 0 Å². The standard InChI is InChI=1S/C21H18FN3O4/c22-15-5-4-6-17(13-15)24-20(26)18(14-7-9-16(10-8-14)25(28)29)19(21(24)27)23-11-2-1-3-12-23/h4-10,13H,1-3,11-12H2. The van der Waals surface area contributed by atoms with E-state index in [4.69, 9.17) is 0 Å². The Labute approximate surface area is 166 Å². The van der Waals surface area contributed by atoms with Gasteiger partial charge in [0, 0.05) is 25.2 Å². The number of carbonyl (C=O) groups is 2. The SMILES string of the molecule is O=C1C(c2ccc([N+](=O)[O-])cc2)=C(N2CCCCC2)C(=O)N1c1cccc(F)c1. The number of likely N-dealkylation sites (tertiary alicyclic amines) is 1. The summed E-state index contributed by atoms with van der Waals surface area (Å²) in [4.78, 5) is 39.8. The average Bonchev–Trinajstić information content (AvgIpc) is 2.99. The molecule has 0 saturated carbocycles. The Morgan fingerprint density at radius 3 is 2.24 bits per heavy atom. The fraction of sp³-hybridized carbons (Fsp3) is 0.238. The predicted molar refractivity (Wildman–Crippen MR) is 104 cm³/mol. The van der Waals surface area contributed by atoms with Gasteiger partial charge in [0.05, 0.1) is 16.2 Å². The van der Waals surface area contributed by atoms with Crippen molar-refractivity contribution in [2.75, 3.05) is 18.0 Å². The van der Waals surface area contributed by atoms with Crippen molar-refractivity contribution < 1.29 is 18.9 Å². The Hall–Kier alpha value is -3.55. The Balaban J connectivity index is 1.82. The lowest BCUT2D eigenvalue weighted by molar-refractivity contribution is -0.384. The number of piperidine rings is 1. The highest BCUT2D eigenvalue weighted by Crippen LogP contribution is 2.36. The Morgan fingerprint density at radius 2 is 1.62 bits per heavy atom. The van der Waals surface area contributed by atoms with Crippen molar-refractivity contribution in [3.05, 3.63) is 75.7 Å². The van der Waals surface area contributed by atoms with Crippen LogP contribution < -0.4 is 4.90 Å². The van der Waals surface area contributed by atoms with Gasteiger partial charge in [-0.25, -0.2) is 9.29 Å². The van der Waals surface area contributed by atoms with E-state index in [0.717, 1.165) is 30.2 Å². The van der Waals surface area contributed by atoms with Gasteiger partial charge in [0.25, 0.3) is 17.5 Å². The molecular weight excluding hydrogens is 377 g/mol. The van der Waals surface area contributed by atoms with Crippen molar-refractivity contribution in [1.29, 1.82) is 0 Å². The van der Waals surface area contributed by atoms with E-state index < -0.39 is 22.6 Å². The lowest BCUT2D eigenvalue weighted by atomic mass is 10.0. The van der Waals surface area contributed by atoms with Gasteiger partial charge in [-0.2, -0.15) is 0 Å². The van der Waals surface area contributed by atoms with Crippen molar-refractivity contribution in [3.63, 3.8) is 0 Å². The van der Waals surface area contributed by atoms with Crippen LogP contribution in [0.3, 0.4) is 0 Å². The van der Waals surface area contributed by atoms with E-state index in [2.05, 4.69) is 0 Å². The molecule has 0 aliphatic carbocycles. The molecule has 2 aromatic carbocycles. The van der Waals surface area contributed by atoms with E-state index >= 15 is 0 Å². The molecule has 0 N–H and O–H groups in total. The molecule has 0 spiro atoms. The van der Waals surface area contributed by atoms with Crippen LogP contribution in [-0.4, -0.2) is 34.7 Å². The lowest BCUT2D eigenvalue weighted by Gasteiger charge is -2.29. The van der Waals surface area contributed by atoms with E-state index in [0.29, 0.717) is 18.7 Å². The number of nitro benzene ring substituents is 1. The zero-order valence-electron chi connectivity index (χ0n) is 15.5. The van der Waals surface area contributed by atoms with Gasteiger partial charge < -0.3 is 4.90 Å². The second kappa shape index (κ2) is 7.46. The first kappa shape index (κ1) is 18.8. The van der Waals surface area contributed by atoms with Crippen LogP contribution in [0.25, 0.3) is 5.57 Å². The zero-order chi connectivity index (χ0) is 20.5. The zero-order valence-corrected chi connectivity index (χ0v) is 15.5. The second-order valence-electron chi connectivity index (χ2n) is 7.00. The number of nitro groups is 1. The van der Waals surface area contributed by atoms with Crippen LogP contribution in [0.1, 0.15) is 24.8 Å². The third-order valence-electron chi connectivity index (χ3n) is 5.16.